The van der Waals surface area contributed by atoms with Crippen LogP contribution in [0.5, 0.6) is 0 Å². The first-order valence-corrected chi connectivity index (χ1v) is 5.14. The highest BCUT2D eigenvalue weighted by Crippen LogP contribution is 2.26. The first kappa shape index (κ1) is 10.6. The molecule has 0 spiro atoms. The lowest BCUT2D eigenvalue weighted by Gasteiger charge is -2.17. The number of aromatic amines is 1. The molecule has 0 saturated heterocycles. The highest BCUT2D eigenvalue weighted by Gasteiger charge is 2.26. The van der Waals surface area contributed by atoms with E-state index in [1.807, 2.05) is 0 Å². The van der Waals surface area contributed by atoms with Crippen LogP contribution in [0.15, 0.2) is 15.8 Å². The van der Waals surface area contributed by atoms with Gasteiger partial charge in [-0.25, -0.2) is 4.79 Å². The van der Waals surface area contributed by atoms with Gasteiger partial charge in [0.05, 0.1) is 6.04 Å². The van der Waals surface area contributed by atoms with Gasteiger partial charge < -0.3 is 5.73 Å². The van der Waals surface area contributed by atoms with E-state index in [1.54, 1.807) is 6.07 Å². The SMILES string of the molecule is N#Cc1cn([C@H]2CCC[C@@H]2N)c(=O)[nH]c1=O. The highest BCUT2D eigenvalue weighted by molar-refractivity contribution is 5.22. The Morgan fingerprint density at radius 2 is 2.25 bits per heavy atom. The minimum atomic E-state index is -0.643. The van der Waals surface area contributed by atoms with Crippen molar-refractivity contribution >= 4 is 0 Å². The number of nitrogens with two attached hydrogens (primary N) is 1. The Hall–Kier alpha value is -1.87. The van der Waals surface area contributed by atoms with Crippen molar-refractivity contribution in [2.24, 2.45) is 5.73 Å². The average molecular weight is 220 g/mol. The molecule has 3 N–H and O–H groups in total. The lowest BCUT2D eigenvalue weighted by Crippen LogP contribution is -2.38. The molecule has 0 aromatic carbocycles. The minimum Gasteiger partial charge on any atom is -0.326 e. The molecule has 0 aliphatic heterocycles. The Kier molecular flexibility index (Phi) is 2.62. The Balaban J connectivity index is 2.53. The Labute approximate surface area is 91.3 Å². The van der Waals surface area contributed by atoms with Crippen LogP contribution in [0, 0.1) is 11.3 Å². The van der Waals surface area contributed by atoms with E-state index in [0.29, 0.717) is 0 Å². The van der Waals surface area contributed by atoms with Gasteiger partial charge in [-0.15, -0.1) is 0 Å². The summed E-state index contributed by atoms with van der Waals surface area (Å²) in [7, 11) is 0. The third-order valence-corrected chi connectivity index (χ3v) is 2.98. The van der Waals surface area contributed by atoms with E-state index in [2.05, 4.69) is 4.98 Å². The number of rotatable bonds is 1. The Bertz CT molecular complexity index is 551. The zero-order valence-corrected chi connectivity index (χ0v) is 8.64. The molecule has 16 heavy (non-hydrogen) atoms. The van der Waals surface area contributed by atoms with Gasteiger partial charge in [-0.05, 0) is 19.3 Å². The summed E-state index contributed by atoms with van der Waals surface area (Å²) >= 11 is 0. The van der Waals surface area contributed by atoms with Gasteiger partial charge >= 0.3 is 5.69 Å². The van der Waals surface area contributed by atoms with Gasteiger partial charge in [-0.2, -0.15) is 5.26 Å². The second-order valence-electron chi connectivity index (χ2n) is 3.98. The van der Waals surface area contributed by atoms with E-state index in [-0.39, 0.29) is 17.6 Å². The maximum atomic E-state index is 11.6. The van der Waals surface area contributed by atoms with Gasteiger partial charge in [0.2, 0.25) is 0 Å². The first-order chi connectivity index (χ1) is 7.63. The van der Waals surface area contributed by atoms with Gasteiger partial charge in [-0.1, -0.05) is 0 Å². The normalized spacial score (nSPS) is 24.2. The van der Waals surface area contributed by atoms with Crippen LogP contribution in [0.1, 0.15) is 30.9 Å². The molecule has 6 heteroatoms. The Morgan fingerprint density at radius 1 is 1.50 bits per heavy atom. The highest BCUT2D eigenvalue weighted by atomic mass is 16.2. The van der Waals surface area contributed by atoms with Crippen molar-refractivity contribution in [3.05, 3.63) is 32.6 Å². The largest absolute Gasteiger partial charge is 0.328 e. The van der Waals surface area contributed by atoms with E-state index in [1.165, 1.54) is 10.8 Å². The van der Waals surface area contributed by atoms with Crippen molar-refractivity contribution < 1.29 is 0 Å². The van der Waals surface area contributed by atoms with Crippen LogP contribution in [0.3, 0.4) is 0 Å². The molecule has 1 aromatic heterocycles. The van der Waals surface area contributed by atoms with E-state index in [0.717, 1.165) is 19.3 Å². The van der Waals surface area contributed by atoms with E-state index < -0.39 is 11.2 Å². The van der Waals surface area contributed by atoms with Crippen LogP contribution in [-0.4, -0.2) is 15.6 Å². The number of hydrogen-bond acceptors (Lipinski definition) is 4. The number of aromatic nitrogens is 2. The summed E-state index contributed by atoms with van der Waals surface area (Å²) in [6.45, 7) is 0. The molecule has 1 aromatic rings. The summed E-state index contributed by atoms with van der Waals surface area (Å²) in [6.07, 6.45) is 3.92. The van der Waals surface area contributed by atoms with Gasteiger partial charge in [0.1, 0.15) is 11.6 Å². The maximum absolute atomic E-state index is 11.6. The zero-order valence-electron chi connectivity index (χ0n) is 8.64. The topological polar surface area (TPSA) is 105 Å². The molecule has 6 nitrogen and oxygen atoms in total. The summed E-state index contributed by atoms with van der Waals surface area (Å²) in [4.78, 5) is 24.9. The third-order valence-electron chi connectivity index (χ3n) is 2.98. The molecule has 1 fully saturated rings. The smallest absolute Gasteiger partial charge is 0.326 e. The molecule has 2 rings (SSSR count). The summed E-state index contributed by atoms with van der Waals surface area (Å²) in [6, 6.07) is 1.55. The third kappa shape index (κ3) is 1.66. The quantitative estimate of drug-likeness (QED) is 0.663. The van der Waals surface area contributed by atoms with Crippen LogP contribution in [0.4, 0.5) is 0 Å². The molecule has 1 saturated carbocycles. The number of H-pyrrole nitrogens is 1. The molecule has 0 unspecified atom stereocenters. The molecule has 0 amide bonds. The zero-order chi connectivity index (χ0) is 11.7. The fourth-order valence-electron chi connectivity index (χ4n) is 2.13. The predicted molar refractivity (Wildman–Crippen MR) is 56.9 cm³/mol. The van der Waals surface area contributed by atoms with Gasteiger partial charge in [0.25, 0.3) is 5.56 Å². The number of hydrogen-bond donors (Lipinski definition) is 2. The summed E-state index contributed by atoms with van der Waals surface area (Å²) in [5.74, 6) is 0. The van der Waals surface area contributed by atoms with Crippen molar-refractivity contribution in [1.29, 1.82) is 5.26 Å². The Morgan fingerprint density at radius 3 is 2.81 bits per heavy atom. The molecule has 1 heterocycles. The summed E-state index contributed by atoms with van der Waals surface area (Å²) in [5, 5.41) is 8.73. The van der Waals surface area contributed by atoms with E-state index in [4.69, 9.17) is 11.0 Å². The lowest BCUT2D eigenvalue weighted by molar-refractivity contribution is 0.441. The van der Waals surface area contributed by atoms with Crippen molar-refractivity contribution in [2.75, 3.05) is 0 Å². The summed E-state index contributed by atoms with van der Waals surface area (Å²) < 4.78 is 1.37. The fraction of sp³-hybridized carbons (Fsp3) is 0.500. The van der Waals surface area contributed by atoms with Crippen molar-refractivity contribution in [1.82, 2.24) is 9.55 Å². The van der Waals surface area contributed by atoms with Crippen LogP contribution >= 0.6 is 0 Å². The maximum Gasteiger partial charge on any atom is 0.328 e. The lowest BCUT2D eigenvalue weighted by atomic mass is 10.2. The van der Waals surface area contributed by atoms with Crippen molar-refractivity contribution in [2.45, 2.75) is 31.3 Å². The number of nitriles is 1. The molecule has 2 atom stereocenters. The number of nitrogens with zero attached hydrogens (tertiary/aromatic N) is 2. The molecular formula is C10H12N4O2. The number of nitrogens with one attached hydrogen (secondary N) is 1. The van der Waals surface area contributed by atoms with Crippen molar-refractivity contribution in [3.8, 4) is 6.07 Å². The van der Waals surface area contributed by atoms with Gasteiger partial charge in [0.15, 0.2) is 0 Å². The second-order valence-corrected chi connectivity index (χ2v) is 3.98. The standard InChI is InChI=1S/C10H12N4O2/c11-4-6-5-14(10(16)13-9(6)15)8-3-1-2-7(8)12/h5,7-8H,1-3,12H2,(H,13,15,16)/t7-,8-/m0/s1. The van der Waals surface area contributed by atoms with Crippen LogP contribution in [0.2, 0.25) is 0 Å². The predicted octanol–water partition coefficient (Wildman–Crippen LogP) is -0.539. The van der Waals surface area contributed by atoms with Gasteiger partial charge in [0, 0.05) is 12.2 Å². The summed E-state index contributed by atoms with van der Waals surface area (Å²) in [5.41, 5.74) is 4.68. The van der Waals surface area contributed by atoms with Crippen LogP contribution < -0.4 is 17.0 Å². The van der Waals surface area contributed by atoms with Crippen LogP contribution in [0.25, 0.3) is 0 Å². The van der Waals surface area contributed by atoms with E-state index >= 15 is 0 Å². The average Bonchev–Trinajstić information content (AvgIpc) is 2.65. The minimum absolute atomic E-state index is 0.0568. The second kappa shape index (κ2) is 3.94. The van der Waals surface area contributed by atoms with Gasteiger partial charge in [-0.3, -0.25) is 14.3 Å². The molecule has 0 bridgehead atoms. The van der Waals surface area contributed by atoms with E-state index in [9.17, 15) is 9.59 Å². The monoisotopic (exact) mass is 220 g/mol. The molecular weight excluding hydrogens is 208 g/mol. The molecule has 1 aliphatic rings. The fourth-order valence-corrected chi connectivity index (χ4v) is 2.13. The molecule has 0 radical (unpaired) electrons. The first-order valence-electron chi connectivity index (χ1n) is 5.14. The van der Waals surface area contributed by atoms with Crippen molar-refractivity contribution in [3.63, 3.8) is 0 Å². The molecule has 84 valence electrons. The van der Waals surface area contributed by atoms with Crippen LogP contribution in [-0.2, 0) is 0 Å². The molecule has 1 aliphatic carbocycles.